The highest BCUT2D eigenvalue weighted by atomic mass is 16.1. The van der Waals surface area contributed by atoms with Crippen molar-refractivity contribution in [2.45, 2.75) is 57.9 Å². The van der Waals surface area contributed by atoms with Gasteiger partial charge in [0.05, 0.1) is 5.69 Å². The molecule has 21 heavy (non-hydrogen) atoms. The van der Waals surface area contributed by atoms with E-state index in [1.54, 1.807) is 13.4 Å². The van der Waals surface area contributed by atoms with Crippen LogP contribution in [0.4, 0.5) is 5.82 Å². The molecule has 0 unspecified atom stereocenters. The van der Waals surface area contributed by atoms with E-state index in [9.17, 15) is 4.79 Å². The van der Waals surface area contributed by atoms with Crippen LogP contribution in [-0.2, 0) is 10.2 Å². The highest BCUT2D eigenvalue weighted by Crippen LogP contribution is 2.27. The Bertz CT molecular complexity index is 487. The van der Waals surface area contributed by atoms with Gasteiger partial charge >= 0.3 is 0 Å². The molecule has 1 saturated carbocycles. The number of aromatic nitrogens is 2. The molecule has 1 aromatic rings. The highest BCUT2D eigenvalue weighted by molar-refractivity contribution is 5.78. The first-order chi connectivity index (χ1) is 9.90. The third-order valence-electron chi connectivity index (χ3n) is 4.13. The van der Waals surface area contributed by atoms with Crippen LogP contribution in [0.5, 0.6) is 0 Å². The fourth-order valence-electron chi connectivity index (χ4n) is 2.76. The lowest BCUT2D eigenvalue weighted by Gasteiger charge is -2.28. The smallest absolute Gasteiger partial charge is 0.222 e. The van der Waals surface area contributed by atoms with Gasteiger partial charge in [-0.3, -0.25) is 4.79 Å². The lowest BCUT2D eigenvalue weighted by atomic mass is 9.85. The molecule has 2 N–H and O–H groups in total. The molecule has 1 aromatic heterocycles. The van der Waals surface area contributed by atoms with Crippen LogP contribution in [0.15, 0.2) is 12.4 Å². The molecule has 2 rings (SSSR count). The molecule has 0 aliphatic heterocycles. The molecule has 1 fully saturated rings. The van der Waals surface area contributed by atoms with E-state index in [4.69, 9.17) is 0 Å². The summed E-state index contributed by atoms with van der Waals surface area (Å²) in [5.41, 5.74) is 1.06. The summed E-state index contributed by atoms with van der Waals surface area (Å²) < 4.78 is 0. The van der Waals surface area contributed by atoms with Crippen molar-refractivity contribution in [2.24, 2.45) is 5.92 Å². The molecule has 1 aliphatic carbocycles. The molecular formula is C16H26N4O. The van der Waals surface area contributed by atoms with E-state index in [0.29, 0.717) is 6.04 Å². The maximum absolute atomic E-state index is 11.6. The average Bonchev–Trinajstić information content (AvgIpc) is 2.47. The standard InChI is InChI=1S/C16H26N4O/c1-16(2,3)13-9-14(19-10-18-13)20-12-7-5-11(6-8-12)15(21)17-4/h9-12H,5-8H2,1-4H3,(H,17,21)(H,18,19,20)/t11-,12+. The van der Waals surface area contributed by atoms with Gasteiger partial charge in [0.25, 0.3) is 0 Å². The van der Waals surface area contributed by atoms with Gasteiger partial charge in [-0.15, -0.1) is 0 Å². The molecule has 5 heteroatoms. The van der Waals surface area contributed by atoms with Crippen molar-refractivity contribution in [3.63, 3.8) is 0 Å². The Morgan fingerprint density at radius 3 is 2.43 bits per heavy atom. The largest absolute Gasteiger partial charge is 0.367 e. The molecule has 1 heterocycles. The number of carbonyl (C=O) groups excluding carboxylic acids is 1. The predicted molar refractivity (Wildman–Crippen MR) is 84.2 cm³/mol. The van der Waals surface area contributed by atoms with Gasteiger partial charge in [-0.05, 0) is 25.7 Å². The topological polar surface area (TPSA) is 66.9 Å². The Hall–Kier alpha value is -1.65. The molecule has 116 valence electrons. The summed E-state index contributed by atoms with van der Waals surface area (Å²) in [6, 6.07) is 2.43. The van der Waals surface area contributed by atoms with Gasteiger partial charge in [-0.1, -0.05) is 20.8 Å². The second kappa shape index (κ2) is 6.41. The molecule has 0 saturated heterocycles. The van der Waals surface area contributed by atoms with Crippen LogP contribution in [0.3, 0.4) is 0 Å². The molecule has 0 aromatic carbocycles. The normalized spacial score (nSPS) is 22.7. The van der Waals surface area contributed by atoms with Gasteiger partial charge < -0.3 is 10.6 Å². The number of carbonyl (C=O) groups is 1. The minimum Gasteiger partial charge on any atom is -0.367 e. The van der Waals surface area contributed by atoms with E-state index in [-0.39, 0.29) is 17.2 Å². The van der Waals surface area contributed by atoms with Crippen molar-refractivity contribution < 1.29 is 4.79 Å². The molecule has 1 aliphatic rings. The Kier molecular flexibility index (Phi) is 4.80. The number of hydrogen-bond acceptors (Lipinski definition) is 4. The SMILES string of the molecule is CNC(=O)[C@H]1CC[C@@H](Nc2cc(C(C)(C)C)ncn2)CC1. The Balaban J connectivity index is 1.93. The zero-order valence-corrected chi connectivity index (χ0v) is 13.4. The van der Waals surface area contributed by atoms with Crippen LogP contribution in [0, 0.1) is 5.92 Å². The number of anilines is 1. The van der Waals surface area contributed by atoms with Gasteiger partial charge in [-0.2, -0.15) is 0 Å². The van der Waals surface area contributed by atoms with E-state index in [1.165, 1.54) is 0 Å². The van der Waals surface area contributed by atoms with Crippen LogP contribution in [-0.4, -0.2) is 29.0 Å². The summed E-state index contributed by atoms with van der Waals surface area (Å²) >= 11 is 0. The zero-order valence-electron chi connectivity index (χ0n) is 13.4. The molecule has 1 amide bonds. The van der Waals surface area contributed by atoms with Gasteiger partial charge in [0.2, 0.25) is 5.91 Å². The lowest BCUT2D eigenvalue weighted by molar-refractivity contribution is -0.125. The summed E-state index contributed by atoms with van der Waals surface area (Å²) in [6.07, 6.45) is 5.52. The predicted octanol–water partition coefficient (Wildman–Crippen LogP) is 2.49. The van der Waals surface area contributed by atoms with Crippen LogP contribution in [0.2, 0.25) is 0 Å². The summed E-state index contributed by atoms with van der Waals surface area (Å²) in [5.74, 6) is 1.23. The summed E-state index contributed by atoms with van der Waals surface area (Å²) in [5, 5.41) is 6.23. The minimum absolute atomic E-state index is 0.0241. The Labute approximate surface area is 127 Å². The van der Waals surface area contributed by atoms with Crippen molar-refractivity contribution in [3.05, 3.63) is 18.1 Å². The van der Waals surface area contributed by atoms with Crippen LogP contribution in [0.25, 0.3) is 0 Å². The third kappa shape index (κ3) is 4.16. The summed E-state index contributed by atoms with van der Waals surface area (Å²) in [7, 11) is 1.71. The van der Waals surface area contributed by atoms with E-state index in [1.807, 2.05) is 6.07 Å². The van der Waals surface area contributed by atoms with Crippen LogP contribution in [0.1, 0.15) is 52.1 Å². The number of nitrogens with zero attached hydrogens (tertiary/aromatic N) is 2. The molecule has 0 spiro atoms. The quantitative estimate of drug-likeness (QED) is 0.897. The fourth-order valence-corrected chi connectivity index (χ4v) is 2.76. The first-order valence-electron chi connectivity index (χ1n) is 7.71. The first kappa shape index (κ1) is 15.7. The number of hydrogen-bond donors (Lipinski definition) is 2. The van der Waals surface area contributed by atoms with Crippen molar-refractivity contribution >= 4 is 11.7 Å². The molecule has 5 nitrogen and oxygen atoms in total. The second-order valence-corrected chi connectivity index (χ2v) is 6.85. The van der Waals surface area contributed by atoms with Gasteiger partial charge in [0.1, 0.15) is 12.1 Å². The molecular weight excluding hydrogens is 264 g/mol. The van der Waals surface area contributed by atoms with E-state index in [0.717, 1.165) is 37.2 Å². The maximum atomic E-state index is 11.6. The Morgan fingerprint density at radius 1 is 1.19 bits per heavy atom. The number of nitrogens with one attached hydrogen (secondary N) is 2. The molecule has 0 bridgehead atoms. The average molecular weight is 290 g/mol. The molecule has 0 radical (unpaired) electrons. The first-order valence-corrected chi connectivity index (χ1v) is 7.71. The Morgan fingerprint density at radius 2 is 1.86 bits per heavy atom. The molecule has 0 atom stereocenters. The van der Waals surface area contributed by atoms with Gasteiger partial charge in [0, 0.05) is 30.5 Å². The van der Waals surface area contributed by atoms with Crippen LogP contribution < -0.4 is 10.6 Å². The minimum atomic E-state index is 0.0241. The third-order valence-corrected chi connectivity index (χ3v) is 4.13. The summed E-state index contributed by atoms with van der Waals surface area (Å²) in [4.78, 5) is 20.3. The van der Waals surface area contributed by atoms with Crippen molar-refractivity contribution in [3.8, 4) is 0 Å². The number of rotatable bonds is 3. The van der Waals surface area contributed by atoms with E-state index < -0.39 is 0 Å². The zero-order chi connectivity index (χ0) is 15.5. The highest BCUT2D eigenvalue weighted by Gasteiger charge is 2.26. The lowest BCUT2D eigenvalue weighted by Crippen LogP contribution is -2.34. The monoisotopic (exact) mass is 290 g/mol. The van der Waals surface area contributed by atoms with Gasteiger partial charge in [-0.25, -0.2) is 9.97 Å². The van der Waals surface area contributed by atoms with E-state index >= 15 is 0 Å². The fraction of sp³-hybridized carbons (Fsp3) is 0.688. The van der Waals surface area contributed by atoms with E-state index in [2.05, 4.69) is 41.4 Å². The van der Waals surface area contributed by atoms with Crippen molar-refractivity contribution in [1.29, 1.82) is 0 Å². The van der Waals surface area contributed by atoms with Crippen molar-refractivity contribution in [2.75, 3.05) is 12.4 Å². The summed E-state index contributed by atoms with van der Waals surface area (Å²) in [6.45, 7) is 6.44. The van der Waals surface area contributed by atoms with Gasteiger partial charge in [0.15, 0.2) is 0 Å². The van der Waals surface area contributed by atoms with Crippen LogP contribution >= 0.6 is 0 Å². The van der Waals surface area contributed by atoms with Crippen molar-refractivity contribution in [1.82, 2.24) is 15.3 Å². The second-order valence-electron chi connectivity index (χ2n) is 6.85. The maximum Gasteiger partial charge on any atom is 0.222 e. The number of amides is 1.